The molecule has 10 nitrogen and oxygen atoms in total. The molecule has 0 aromatic carbocycles. The zero-order chi connectivity index (χ0) is 25.1. The summed E-state index contributed by atoms with van der Waals surface area (Å²) in [5.74, 6) is -2.00. The van der Waals surface area contributed by atoms with Gasteiger partial charge in [0.1, 0.15) is 18.1 Å². The van der Waals surface area contributed by atoms with Gasteiger partial charge in [0.15, 0.2) is 0 Å². The van der Waals surface area contributed by atoms with Crippen LogP contribution in [0, 0.1) is 11.8 Å². The first kappa shape index (κ1) is 28.8. The predicted molar refractivity (Wildman–Crippen MR) is 126 cm³/mol. The highest BCUT2D eigenvalue weighted by Gasteiger charge is 2.38. The van der Waals surface area contributed by atoms with Crippen molar-refractivity contribution in [2.75, 3.05) is 13.1 Å². The van der Waals surface area contributed by atoms with E-state index in [9.17, 15) is 24.3 Å². The Hall–Kier alpha value is -2.20. The zero-order valence-corrected chi connectivity index (χ0v) is 20.5. The lowest BCUT2D eigenvalue weighted by Crippen LogP contribution is -2.56. The highest BCUT2D eigenvalue weighted by Crippen LogP contribution is 2.20. The fourth-order valence-electron chi connectivity index (χ4n) is 4.12. The third-order valence-electron chi connectivity index (χ3n) is 5.78. The first-order valence-corrected chi connectivity index (χ1v) is 12.1. The maximum atomic E-state index is 13.1. The number of unbranched alkanes of at least 4 members (excludes halogenated alkanes) is 1. The van der Waals surface area contributed by atoms with Crippen LogP contribution in [0.2, 0.25) is 0 Å². The van der Waals surface area contributed by atoms with Crippen LogP contribution < -0.4 is 22.1 Å². The van der Waals surface area contributed by atoms with Gasteiger partial charge in [-0.05, 0) is 63.3 Å². The molecule has 10 heteroatoms. The fraction of sp³-hybridized carbons (Fsp3) is 0.826. The van der Waals surface area contributed by atoms with Crippen LogP contribution in [-0.4, -0.2) is 71.0 Å². The average Bonchev–Trinajstić information content (AvgIpc) is 3.20. The van der Waals surface area contributed by atoms with Crippen molar-refractivity contribution in [2.45, 2.75) is 96.8 Å². The molecule has 4 unspecified atom stereocenters. The predicted octanol–water partition coefficient (Wildman–Crippen LogP) is 0.580. The van der Waals surface area contributed by atoms with Gasteiger partial charge in [0, 0.05) is 6.54 Å². The Morgan fingerprint density at radius 1 is 1.00 bits per heavy atom. The van der Waals surface area contributed by atoms with E-state index in [-0.39, 0.29) is 24.2 Å². The highest BCUT2D eigenvalue weighted by atomic mass is 16.4. The van der Waals surface area contributed by atoms with Gasteiger partial charge in [0.2, 0.25) is 17.7 Å². The number of nitrogens with one attached hydrogen (secondary N) is 2. The number of carbonyl (C=O) groups is 4. The summed E-state index contributed by atoms with van der Waals surface area (Å²) in [5.41, 5.74) is 11.6. The molecule has 190 valence electrons. The van der Waals surface area contributed by atoms with Crippen molar-refractivity contribution in [3.8, 4) is 0 Å². The SMILES string of the molecule is CC(C)CC(N)C(=O)N1CCCC1C(=O)NC(CCCCN)C(=O)NC(CC(C)C)C(=O)O. The maximum absolute atomic E-state index is 13.1. The molecule has 1 aliphatic rings. The van der Waals surface area contributed by atoms with Gasteiger partial charge >= 0.3 is 5.97 Å². The van der Waals surface area contributed by atoms with Gasteiger partial charge in [0.05, 0.1) is 6.04 Å². The van der Waals surface area contributed by atoms with Crippen molar-refractivity contribution in [1.29, 1.82) is 0 Å². The summed E-state index contributed by atoms with van der Waals surface area (Å²) in [7, 11) is 0. The summed E-state index contributed by atoms with van der Waals surface area (Å²) < 4.78 is 0. The first-order valence-electron chi connectivity index (χ1n) is 12.1. The topological polar surface area (TPSA) is 168 Å². The summed E-state index contributed by atoms with van der Waals surface area (Å²) >= 11 is 0. The van der Waals surface area contributed by atoms with Crippen LogP contribution in [0.4, 0.5) is 0 Å². The number of hydrogen-bond acceptors (Lipinski definition) is 6. The van der Waals surface area contributed by atoms with Gasteiger partial charge in [-0.1, -0.05) is 27.7 Å². The smallest absolute Gasteiger partial charge is 0.326 e. The van der Waals surface area contributed by atoms with E-state index < -0.39 is 42.0 Å². The summed E-state index contributed by atoms with van der Waals surface area (Å²) in [4.78, 5) is 51.9. The number of aliphatic carboxylic acids is 1. The van der Waals surface area contributed by atoms with Crippen LogP contribution in [0.1, 0.15) is 72.6 Å². The Labute approximate surface area is 197 Å². The monoisotopic (exact) mass is 469 g/mol. The zero-order valence-electron chi connectivity index (χ0n) is 20.5. The molecule has 0 aliphatic carbocycles. The quantitative estimate of drug-likeness (QED) is 0.232. The van der Waals surface area contributed by atoms with Crippen LogP contribution in [0.5, 0.6) is 0 Å². The van der Waals surface area contributed by atoms with Crippen molar-refractivity contribution >= 4 is 23.7 Å². The third kappa shape index (κ3) is 9.67. The number of rotatable bonds is 14. The molecule has 1 aliphatic heterocycles. The minimum atomic E-state index is -1.12. The summed E-state index contributed by atoms with van der Waals surface area (Å²) in [6.45, 7) is 8.61. The largest absolute Gasteiger partial charge is 0.480 e. The highest BCUT2D eigenvalue weighted by molar-refractivity contribution is 5.94. The lowest BCUT2D eigenvalue weighted by atomic mass is 10.0. The molecule has 1 rings (SSSR count). The van der Waals surface area contributed by atoms with Gasteiger partial charge < -0.3 is 32.1 Å². The second-order valence-corrected chi connectivity index (χ2v) is 9.80. The van der Waals surface area contributed by atoms with Crippen LogP contribution >= 0.6 is 0 Å². The molecule has 0 spiro atoms. The Kier molecular flexibility index (Phi) is 12.4. The molecule has 0 aromatic heterocycles. The van der Waals surface area contributed by atoms with Gasteiger partial charge in [-0.2, -0.15) is 0 Å². The molecule has 0 aromatic rings. The minimum absolute atomic E-state index is 0.0739. The molecule has 0 saturated carbocycles. The van der Waals surface area contributed by atoms with E-state index >= 15 is 0 Å². The summed E-state index contributed by atoms with van der Waals surface area (Å²) in [5, 5.41) is 14.8. The number of nitrogens with two attached hydrogens (primary N) is 2. The minimum Gasteiger partial charge on any atom is -0.480 e. The molecule has 4 atom stereocenters. The molecule has 1 fully saturated rings. The number of nitrogens with zero attached hydrogens (tertiary/aromatic N) is 1. The Morgan fingerprint density at radius 3 is 2.18 bits per heavy atom. The fourth-order valence-corrected chi connectivity index (χ4v) is 4.12. The van der Waals surface area contributed by atoms with Crippen molar-refractivity contribution < 1.29 is 24.3 Å². The van der Waals surface area contributed by atoms with Crippen molar-refractivity contribution in [1.82, 2.24) is 15.5 Å². The van der Waals surface area contributed by atoms with Crippen LogP contribution in [0.15, 0.2) is 0 Å². The van der Waals surface area contributed by atoms with Crippen molar-refractivity contribution in [3.63, 3.8) is 0 Å². The lowest BCUT2D eigenvalue weighted by Gasteiger charge is -2.29. The Balaban J connectivity index is 2.90. The van der Waals surface area contributed by atoms with E-state index in [0.29, 0.717) is 51.6 Å². The second-order valence-electron chi connectivity index (χ2n) is 9.80. The molecule has 7 N–H and O–H groups in total. The van der Waals surface area contributed by atoms with Gasteiger partial charge in [-0.25, -0.2) is 4.79 Å². The van der Waals surface area contributed by atoms with E-state index in [4.69, 9.17) is 11.5 Å². The molecule has 1 heterocycles. The molecule has 33 heavy (non-hydrogen) atoms. The van der Waals surface area contributed by atoms with Crippen LogP contribution in [0.3, 0.4) is 0 Å². The molecule has 0 bridgehead atoms. The summed E-state index contributed by atoms with van der Waals surface area (Å²) in [6.07, 6.45) is 3.58. The second kappa shape index (κ2) is 14.1. The maximum Gasteiger partial charge on any atom is 0.326 e. The summed E-state index contributed by atoms with van der Waals surface area (Å²) in [6, 6.07) is -3.30. The number of carboxylic acid groups (broad SMARTS) is 1. The van der Waals surface area contributed by atoms with E-state index in [1.807, 2.05) is 27.7 Å². The molecule has 1 saturated heterocycles. The molecule has 3 amide bonds. The van der Waals surface area contributed by atoms with Gasteiger partial charge in [-0.3, -0.25) is 14.4 Å². The number of likely N-dealkylation sites (tertiary alicyclic amines) is 1. The Bertz CT molecular complexity index is 670. The Morgan fingerprint density at radius 2 is 1.64 bits per heavy atom. The molecule has 0 radical (unpaired) electrons. The van der Waals surface area contributed by atoms with E-state index in [2.05, 4.69) is 10.6 Å². The molecular formula is C23H43N5O5. The van der Waals surface area contributed by atoms with Crippen LogP contribution in [-0.2, 0) is 19.2 Å². The number of amides is 3. The van der Waals surface area contributed by atoms with E-state index in [0.717, 1.165) is 0 Å². The number of carboxylic acids is 1. The lowest BCUT2D eigenvalue weighted by molar-refractivity contribution is -0.143. The van der Waals surface area contributed by atoms with Crippen molar-refractivity contribution in [2.24, 2.45) is 23.3 Å². The molecular weight excluding hydrogens is 426 g/mol. The third-order valence-corrected chi connectivity index (χ3v) is 5.78. The number of hydrogen-bond donors (Lipinski definition) is 5. The number of carbonyl (C=O) groups excluding carboxylic acids is 3. The van der Waals surface area contributed by atoms with Gasteiger partial charge in [-0.15, -0.1) is 0 Å². The van der Waals surface area contributed by atoms with E-state index in [1.54, 1.807) is 0 Å². The normalized spacial score (nSPS) is 18.8. The van der Waals surface area contributed by atoms with Gasteiger partial charge in [0.25, 0.3) is 0 Å². The first-order chi connectivity index (χ1) is 15.5. The average molecular weight is 470 g/mol. The van der Waals surface area contributed by atoms with E-state index in [1.165, 1.54) is 4.90 Å². The van der Waals surface area contributed by atoms with Crippen molar-refractivity contribution in [3.05, 3.63) is 0 Å². The van der Waals surface area contributed by atoms with Crippen LogP contribution in [0.25, 0.3) is 0 Å². The standard InChI is InChI=1S/C23H43N5O5/c1-14(2)12-16(25)22(31)28-11-7-9-19(28)21(30)26-17(8-5-6-10-24)20(29)27-18(23(32)33)13-15(3)4/h14-19H,5-13,24-25H2,1-4H3,(H,26,30)(H,27,29)(H,32,33).